The lowest BCUT2D eigenvalue weighted by molar-refractivity contribution is 0.288. The second-order valence-corrected chi connectivity index (χ2v) is 4.95. The molecule has 0 fully saturated rings. The minimum absolute atomic E-state index is 0.120. The Labute approximate surface area is 119 Å². The van der Waals surface area contributed by atoms with Gasteiger partial charge in [-0.3, -0.25) is 0 Å². The number of aliphatic hydroxyl groups excluding tert-OH is 1. The summed E-state index contributed by atoms with van der Waals surface area (Å²) in [5, 5.41) is 18.0. The van der Waals surface area contributed by atoms with Gasteiger partial charge in [-0.1, -0.05) is 40.0 Å². The molecule has 0 spiro atoms. The van der Waals surface area contributed by atoms with Gasteiger partial charge in [0, 0.05) is 11.6 Å². The van der Waals surface area contributed by atoms with Crippen LogP contribution in [0.2, 0.25) is 15.1 Å². The zero-order valence-electron chi connectivity index (χ0n) is 9.28. The molecule has 0 aliphatic rings. The molecule has 1 heterocycles. The number of hydrogen-bond acceptors (Lipinski definition) is 3. The highest BCUT2D eigenvalue weighted by Gasteiger charge is 2.12. The van der Waals surface area contributed by atoms with Crippen LogP contribution >= 0.6 is 34.8 Å². The summed E-state index contributed by atoms with van der Waals surface area (Å²) in [6.07, 6.45) is 3.02. The first-order valence-electron chi connectivity index (χ1n) is 5.29. The summed E-state index contributed by atoms with van der Waals surface area (Å²) in [4.78, 5) is 0. The molecule has 1 aromatic heterocycles. The molecule has 2 rings (SSSR count). The first-order chi connectivity index (χ1) is 8.61. The maximum absolute atomic E-state index is 8.76. The van der Waals surface area contributed by atoms with E-state index in [1.165, 1.54) is 4.68 Å². The van der Waals surface area contributed by atoms with E-state index in [0.29, 0.717) is 33.6 Å². The van der Waals surface area contributed by atoms with Gasteiger partial charge in [0.15, 0.2) is 0 Å². The van der Waals surface area contributed by atoms with Gasteiger partial charge >= 0.3 is 0 Å². The van der Waals surface area contributed by atoms with Gasteiger partial charge < -0.3 is 5.11 Å². The normalized spacial score (nSPS) is 10.9. The van der Waals surface area contributed by atoms with Crippen molar-refractivity contribution < 1.29 is 5.11 Å². The van der Waals surface area contributed by atoms with Crippen molar-refractivity contribution in [2.45, 2.75) is 12.8 Å². The van der Waals surface area contributed by atoms with Crippen LogP contribution in [0.15, 0.2) is 18.3 Å². The average Bonchev–Trinajstić information content (AvgIpc) is 2.73. The molecular formula is C11H10Cl3N3O. The smallest absolute Gasteiger partial charge is 0.104 e. The number of benzene rings is 1. The summed E-state index contributed by atoms with van der Waals surface area (Å²) in [7, 11) is 0. The Morgan fingerprint density at radius 2 is 1.83 bits per heavy atom. The third-order valence-electron chi connectivity index (χ3n) is 2.34. The van der Waals surface area contributed by atoms with Gasteiger partial charge in [-0.05, 0) is 25.0 Å². The molecule has 18 heavy (non-hydrogen) atoms. The van der Waals surface area contributed by atoms with Crippen LogP contribution in [-0.4, -0.2) is 26.7 Å². The predicted molar refractivity (Wildman–Crippen MR) is 71.8 cm³/mol. The quantitative estimate of drug-likeness (QED) is 0.944. The Morgan fingerprint density at radius 3 is 2.44 bits per heavy atom. The number of halogens is 3. The van der Waals surface area contributed by atoms with Crippen LogP contribution in [0.5, 0.6) is 0 Å². The van der Waals surface area contributed by atoms with Crippen molar-refractivity contribution in [2.75, 3.05) is 6.61 Å². The maximum Gasteiger partial charge on any atom is 0.104 e. The number of aromatic nitrogens is 3. The highest BCUT2D eigenvalue weighted by molar-refractivity contribution is 6.40. The Bertz CT molecular complexity index is 533. The van der Waals surface area contributed by atoms with E-state index >= 15 is 0 Å². The second-order valence-electron chi connectivity index (χ2n) is 3.70. The van der Waals surface area contributed by atoms with Gasteiger partial charge in [0.1, 0.15) is 5.69 Å². The van der Waals surface area contributed by atoms with E-state index < -0.39 is 0 Å². The van der Waals surface area contributed by atoms with E-state index in [2.05, 4.69) is 10.3 Å². The molecule has 0 aliphatic carbocycles. The SMILES string of the molecule is OCCCc1cn(-c2c(Cl)cc(Cl)cc2Cl)nn1. The van der Waals surface area contributed by atoms with Gasteiger partial charge in [0.25, 0.3) is 0 Å². The van der Waals surface area contributed by atoms with E-state index in [1.54, 1.807) is 18.3 Å². The molecule has 96 valence electrons. The number of aliphatic hydroxyl groups is 1. The molecule has 0 bridgehead atoms. The monoisotopic (exact) mass is 305 g/mol. The van der Waals surface area contributed by atoms with Gasteiger partial charge in [-0.15, -0.1) is 5.10 Å². The third kappa shape index (κ3) is 2.95. The van der Waals surface area contributed by atoms with Crippen molar-refractivity contribution in [3.8, 4) is 5.69 Å². The molecule has 4 nitrogen and oxygen atoms in total. The van der Waals surface area contributed by atoms with E-state index in [9.17, 15) is 0 Å². The lowest BCUT2D eigenvalue weighted by Gasteiger charge is -2.06. The van der Waals surface area contributed by atoms with Crippen molar-refractivity contribution >= 4 is 34.8 Å². The van der Waals surface area contributed by atoms with Crippen molar-refractivity contribution in [3.05, 3.63) is 39.1 Å². The summed E-state index contributed by atoms with van der Waals surface area (Å²) >= 11 is 18.0. The van der Waals surface area contributed by atoms with Crippen LogP contribution in [0.4, 0.5) is 0 Å². The molecule has 0 unspecified atom stereocenters. The average molecular weight is 307 g/mol. The standard InChI is InChI=1S/C11H10Cl3N3O/c12-7-4-9(13)11(10(14)5-7)17-6-8(15-16-17)2-1-3-18/h4-6,18H,1-3H2. The topological polar surface area (TPSA) is 50.9 Å². The molecule has 0 amide bonds. The predicted octanol–water partition coefficient (Wildman–Crippen LogP) is 3.15. The fourth-order valence-electron chi connectivity index (χ4n) is 1.54. The second kappa shape index (κ2) is 5.89. The first-order valence-corrected chi connectivity index (χ1v) is 6.42. The summed E-state index contributed by atoms with van der Waals surface area (Å²) in [5.41, 5.74) is 1.32. The number of rotatable bonds is 4. The number of hydrogen-bond donors (Lipinski definition) is 1. The maximum atomic E-state index is 8.76. The molecule has 0 radical (unpaired) electrons. The van der Waals surface area contributed by atoms with Crippen molar-refractivity contribution in [2.24, 2.45) is 0 Å². The number of nitrogens with zero attached hydrogens (tertiary/aromatic N) is 3. The molecular weight excluding hydrogens is 296 g/mol. The fourth-order valence-corrected chi connectivity index (χ4v) is 2.53. The van der Waals surface area contributed by atoms with Gasteiger partial charge in [0.05, 0.1) is 21.9 Å². The molecule has 0 saturated carbocycles. The van der Waals surface area contributed by atoms with Crippen LogP contribution in [0, 0.1) is 0 Å². The van der Waals surface area contributed by atoms with E-state index in [1.807, 2.05) is 0 Å². The van der Waals surface area contributed by atoms with Crippen LogP contribution in [0.1, 0.15) is 12.1 Å². The van der Waals surface area contributed by atoms with Crippen molar-refractivity contribution in [1.29, 1.82) is 0 Å². The Hall–Kier alpha value is -0.810. The Morgan fingerprint density at radius 1 is 1.17 bits per heavy atom. The largest absolute Gasteiger partial charge is 0.396 e. The summed E-state index contributed by atoms with van der Waals surface area (Å²) in [6, 6.07) is 3.19. The minimum Gasteiger partial charge on any atom is -0.396 e. The summed E-state index contributed by atoms with van der Waals surface area (Å²) in [6.45, 7) is 0.120. The van der Waals surface area contributed by atoms with Crippen LogP contribution in [0.25, 0.3) is 5.69 Å². The van der Waals surface area contributed by atoms with Crippen LogP contribution in [0.3, 0.4) is 0 Å². The lowest BCUT2D eigenvalue weighted by Crippen LogP contribution is -1.97. The van der Waals surface area contributed by atoms with E-state index in [-0.39, 0.29) is 6.61 Å². The molecule has 1 aromatic carbocycles. The zero-order chi connectivity index (χ0) is 13.1. The molecule has 0 atom stereocenters. The highest BCUT2D eigenvalue weighted by atomic mass is 35.5. The highest BCUT2D eigenvalue weighted by Crippen LogP contribution is 2.31. The minimum atomic E-state index is 0.120. The molecule has 1 N–H and O–H groups in total. The Balaban J connectivity index is 2.34. The molecule has 2 aromatic rings. The van der Waals surface area contributed by atoms with Gasteiger partial charge in [-0.25, -0.2) is 4.68 Å². The van der Waals surface area contributed by atoms with Crippen molar-refractivity contribution in [3.63, 3.8) is 0 Å². The summed E-state index contributed by atoms with van der Waals surface area (Å²) in [5.74, 6) is 0. The van der Waals surface area contributed by atoms with Gasteiger partial charge in [-0.2, -0.15) is 0 Å². The zero-order valence-corrected chi connectivity index (χ0v) is 11.5. The first kappa shape index (κ1) is 13.6. The van der Waals surface area contributed by atoms with Crippen LogP contribution < -0.4 is 0 Å². The Kier molecular flexibility index (Phi) is 4.45. The fraction of sp³-hybridized carbons (Fsp3) is 0.273. The molecule has 7 heteroatoms. The third-order valence-corrected chi connectivity index (χ3v) is 3.14. The summed E-state index contributed by atoms with van der Waals surface area (Å²) < 4.78 is 1.51. The van der Waals surface area contributed by atoms with Crippen LogP contribution in [-0.2, 0) is 6.42 Å². The number of aryl methyl sites for hydroxylation is 1. The molecule has 0 saturated heterocycles. The van der Waals surface area contributed by atoms with Crippen molar-refractivity contribution in [1.82, 2.24) is 15.0 Å². The van der Waals surface area contributed by atoms with Gasteiger partial charge in [0.2, 0.25) is 0 Å². The van der Waals surface area contributed by atoms with E-state index in [4.69, 9.17) is 39.9 Å². The lowest BCUT2D eigenvalue weighted by atomic mass is 10.2. The molecule has 0 aliphatic heterocycles. The van der Waals surface area contributed by atoms with E-state index in [0.717, 1.165) is 5.69 Å².